The van der Waals surface area contributed by atoms with Crippen molar-refractivity contribution in [2.45, 2.75) is 12.8 Å². The summed E-state index contributed by atoms with van der Waals surface area (Å²) >= 11 is 0. The second-order valence-corrected chi connectivity index (χ2v) is 3.61. The summed E-state index contributed by atoms with van der Waals surface area (Å²) in [4.78, 5) is 2.48. The van der Waals surface area contributed by atoms with Gasteiger partial charge in [0.25, 0.3) is 0 Å². The molecule has 0 bridgehead atoms. The van der Waals surface area contributed by atoms with Gasteiger partial charge in [0.05, 0.1) is 0 Å². The lowest BCUT2D eigenvalue weighted by molar-refractivity contribution is 0.190. The van der Waals surface area contributed by atoms with Gasteiger partial charge in [-0.15, -0.1) is 6.58 Å². The Morgan fingerprint density at radius 2 is 2.50 bits per heavy atom. The maximum Gasteiger partial charge on any atom is 0.0160 e. The third kappa shape index (κ3) is 2.95. The molecule has 0 aromatic carbocycles. The highest BCUT2D eigenvalue weighted by Gasteiger charge is 2.17. The Bertz CT molecular complexity index is 132. The molecule has 1 saturated heterocycles. The van der Waals surface area contributed by atoms with Crippen molar-refractivity contribution in [3.05, 3.63) is 12.7 Å². The number of hydrogen-bond donors (Lipinski definition) is 1. The van der Waals surface area contributed by atoms with E-state index in [1.54, 1.807) is 0 Å². The van der Waals surface area contributed by atoms with Crippen molar-refractivity contribution < 1.29 is 0 Å². The van der Waals surface area contributed by atoms with Crippen LogP contribution in [0.4, 0.5) is 0 Å². The van der Waals surface area contributed by atoms with Gasteiger partial charge in [0, 0.05) is 13.1 Å². The second kappa shape index (κ2) is 5.33. The Labute approximate surface area is 75.6 Å². The maximum atomic E-state index is 3.77. The van der Waals surface area contributed by atoms with Gasteiger partial charge in [-0.05, 0) is 38.9 Å². The Balaban J connectivity index is 2.24. The van der Waals surface area contributed by atoms with Gasteiger partial charge in [-0.3, -0.25) is 4.90 Å². The van der Waals surface area contributed by atoms with E-state index in [0.717, 1.165) is 19.0 Å². The summed E-state index contributed by atoms with van der Waals surface area (Å²) in [6.45, 7) is 8.48. The molecular formula is C10H20N2. The van der Waals surface area contributed by atoms with Crippen molar-refractivity contribution >= 4 is 0 Å². The lowest BCUT2D eigenvalue weighted by atomic mass is 9.98. The zero-order chi connectivity index (χ0) is 8.81. The van der Waals surface area contributed by atoms with E-state index in [2.05, 4.69) is 16.8 Å². The molecule has 1 aliphatic heterocycles. The van der Waals surface area contributed by atoms with Crippen LogP contribution < -0.4 is 5.32 Å². The van der Waals surface area contributed by atoms with E-state index in [4.69, 9.17) is 0 Å². The molecule has 1 unspecified atom stereocenters. The van der Waals surface area contributed by atoms with Gasteiger partial charge in [0.15, 0.2) is 0 Å². The summed E-state index contributed by atoms with van der Waals surface area (Å²) in [5.41, 5.74) is 0. The molecule has 0 radical (unpaired) electrons. The molecular weight excluding hydrogens is 148 g/mol. The molecule has 1 N–H and O–H groups in total. The average Bonchev–Trinajstić information content (AvgIpc) is 2.06. The Morgan fingerprint density at radius 1 is 1.67 bits per heavy atom. The molecule has 1 atom stereocenters. The van der Waals surface area contributed by atoms with Gasteiger partial charge in [-0.2, -0.15) is 0 Å². The average molecular weight is 168 g/mol. The third-order valence-electron chi connectivity index (χ3n) is 2.48. The largest absolute Gasteiger partial charge is 0.319 e. The normalized spacial score (nSPS) is 25.6. The second-order valence-electron chi connectivity index (χ2n) is 3.61. The minimum Gasteiger partial charge on any atom is -0.319 e. The van der Waals surface area contributed by atoms with E-state index < -0.39 is 0 Å². The lowest BCUT2D eigenvalue weighted by Gasteiger charge is -2.31. The first-order valence-corrected chi connectivity index (χ1v) is 4.84. The fourth-order valence-electron chi connectivity index (χ4n) is 1.95. The Kier molecular flexibility index (Phi) is 4.33. The first-order chi connectivity index (χ1) is 5.86. The van der Waals surface area contributed by atoms with Crippen molar-refractivity contribution in [2.75, 3.05) is 33.2 Å². The van der Waals surface area contributed by atoms with E-state index in [1.807, 2.05) is 13.1 Å². The van der Waals surface area contributed by atoms with Crippen molar-refractivity contribution in [3.63, 3.8) is 0 Å². The lowest BCUT2D eigenvalue weighted by Crippen LogP contribution is -2.38. The summed E-state index contributed by atoms with van der Waals surface area (Å²) in [6, 6.07) is 0. The number of rotatable bonds is 4. The topological polar surface area (TPSA) is 15.3 Å². The molecule has 1 rings (SSSR count). The first-order valence-electron chi connectivity index (χ1n) is 4.84. The molecule has 1 aliphatic rings. The van der Waals surface area contributed by atoms with E-state index in [-0.39, 0.29) is 0 Å². The van der Waals surface area contributed by atoms with E-state index in [9.17, 15) is 0 Å². The number of likely N-dealkylation sites (tertiary alicyclic amines) is 1. The molecule has 0 aromatic rings. The van der Waals surface area contributed by atoms with Crippen LogP contribution in [0.5, 0.6) is 0 Å². The van der Waals surface area contributed by atoms with Crippen LogP contribution in [0.15, 0.2) is 12.7 Å². The number of hydrogen-bond acceptors (Lipinski definition) is 2. The molecule has 2 nitrogen and oxygen atoms in total. The van der Waals surface area contributed by atoms with Gasteiger partial charge in [-0.1, -0.05) is 6.08 Å². The van der Waals surface area contributed by atoms with Crippen LogP contribution in [0.25, 0.3) is 0 Å². The van der Waals surface area contributed by atoms with Crippen LogP contribution in [0, 0.1) is 5.92 Å². The van der Waals surface area contributed by atoms with Gasteiger partial charge in [-0.25, -0.2) is 0 Å². The van der Waals surface area contributed by atoms with E-state index in [1.165, 1.54) is 25.9 Å². The summed E-state index contributed by atoms with van der Waals surface area (Å²) in [7, 11) is 2.03. The molecule has 0 aromatic heterocycles. The smallest absolute Gasteiger partial charge is 0.0160 e. The van der Waals surface area contributed by atoms with Gasteiger partial charge in [0.1, 0.15) is 0 Å². The third-order valence-corrected chi connectivity index (χ3v) is 2.48. The highest BCUT2D eigenvalue weighted by Crippen LogP contribution is 2.14. The highest BCUT2D eigenvalue weighted by atomic mass is 15.1. The maximum absolute atomic E-state index is 3.77. The zero-order valence-electron chi connectivity index (χ0n) is 8.05. The fraction of sp³-hybridized carbons (Fsp3) is 0.800. The highest BCUT2D eigenvalue weighted by molar-refractivity contribution is 4.79. The Hall–Kier alpha value is -0.340. The molecule has 70 valence electrons. The molecule has 1 heterocycles. The summed E-state index contributed by atoms with van der Waals surface area (Å²) in [5, 5.41) is 3.25. The first kappa shape index (κ1) is 9.75. The Morgan fingerprint density at radius 3 is 3.17 bits per heavy atom. The van der Waals surface area contributed by atoms with Crippen LogP contribution >= 0.6 is 0 Å². The SMILES string of the molecule is C=CCN1CCCC(CNC)C1. The molecule has 0 saturated carbocycles. The van der Waals surface area contributed by atoms with Crippen LogP contribution in [-0.4, -0.2) is 38.1 Å². The quantitative estimate of drug-likeness (QED) is 0.632. The van der Waals surface area contributed by atoms with Gasteiger partial charge in [0.2, 0.25) is 0 Å². The van der Waals surface area contributed by atoms with Crippen molar-refractivity contribution in [3.8, 4) is 0 Å². The van der Waals surface area contributed by atoms with E-state index in [0.29, 0.717) is 0 Å². The van der Waals surface area contributed by atoms with Crippen molar-refractivity contribution in [1.29, 1.82) is 0 Å². The van der Waals surface area contributed by atoms with Crippen LogP contribution in [0.2, 0.25) is 0 Å². The number of piperidine rings is 1. The zero-order valence-corrected chi connectivity index (χ0v) is 8.05. The monoisotopic (exact) mass is 168 g/mol. The molecule has 1 fully saturated rings. The summed E-state index contributed by atoms with van der Waals surface area (Å²) in [6.07, 6.45) is 4.73. The molecule has 0 aliphatic carbocycles. The van der Waals surface area contributed by atoms with Gasteiger partial charge >= 0.3 is 0 Å². The number of nitrogens with zero attached hydrogens (tertiary/aromatic N) is 1. The number of nitrogens with one attached hydrogen (secondary N) is 1. The molecule has 0 amide bonds. The van der Waals surface area contributed by atoms with Crippen LogP contribution in [0.3, 0.4) is 0 Å². The van der Waals surface area contributed by atoms with Crippen molar-refractivity contribution in [2.24, 2.45) is 5.92 Å². The minimum atomic E-state index is 0.851. The van der Waals surface area contributed by atoms with Crippen LogP contribution in [0.1, 0.15) is 12.8 Å². The molecule has 0 spiro atoms. The standard InChI is InChI=1S/C10H20N2/c1-3-6-12-7-4-5-10(9-12)8-11-2/h3,10-11H,1,4-9H2,2H3. The predicted octanol–water partition coefficient (Wildman–Crippen LogP) is 1.10. The van der Waals surface area contributed by atoms with Crippen molar-refractivity contribution in [1.82, 2.24) is 10.2 Å². The van der Waals surface area contributed by atoms with Crippen LogP contribution in [-0.2, 0) is 0 Å². The minimum absolute atomic E-state index is 0.851. The summed E-state index contributed by atoms with van der Waals surface area (Å²) < 4.78 is 0. The fourth-order valence-corrected chi connectivity index (χ4v) is 1.95. The van der Waals surface area contributed by atoms with E-state index >= 15 is 0 Å². The summed E-state index contributed by atoms with van der Waals surface area (Å²) in [5.74, 6) is 0.851. The van der Waals surface area contributed by atoms with Gasteiger partial charge < -0.3 is 5.32 Å². The molecule has 2 heteroatoms. The molecule has 12 heavy (non-hydrogen) atoms. The predicted molar refractivity (Wildman–Crippen MR) is 53.3 cm³/mol.